The number of amides is 1. The minimum absolute atomic E-state index is 0.129. The van der Waals surface area contributed by atoms with Crippen molar-refractivity contribution in [2.45, 2.75) is 19.9 Å². The third kappa shape index (κ3) is 4.33. The number of hydrogen-bond acceptors (Lipinski definition) is 1. The normalized spacial score (nSPS) is 17.2. The largest absolute Gasteiger partial charge is 0.347 e. The highest BCUT2D eigenvalue weighted by Crippen LogP contribution is 2.17. The van der Waals surface area contributed by atoms with Gasteiger partial charge in [-0.1, -0.05) is 54.6 Å². The number of carbonyl (C=O) groups is 1. The van der Waals surface area contributed by atoms with Gasteiger partial charge in [-0.3, -0.25) is 4.79 Å². The molecule has 1 aliphatic heterocycles. The number of rotatable bonds is 5. The van der Waals surface area contributed by atoms with E-state index in [4.69, 9.17) is 0 Å². The van der Waals surface area contributed by atoms with Crippen molar-refractivity contribution in [3.63, 3.8) is 0 Å². The summed E-state index contributed by atoms with van der Waals surface area (Å²) in [7, 11) is 0. The molecule has 2 aromatic rings. The van der Waals surface area contributed by atoms with Crippen molar-refractivity contribution >= 4 is 11.5 Å². The van der Waals surface area contributed by atoms with E-state index in [0.717, 1.165) is 19.5 Å². The number of carbonyl (C=O) groups excluding carboxylic acids is 1. The Kier molecular flexibility index (Phi) is 5.44. The van der Waals surface area contributed by atoms with Crippen LogP contribution in [0.1, 0.15) is 23.1 Å². The molecule has 0 spiro atoms. The summed E-state index contributed by atoms with van der Waals surface area (Å²) in [6.07, 6.45) is 3.31. The van der Waals surface area contributed by atoms with Gasteiger partial charge in [-0.05, 0) is 35.3 Å². The summed E-state index contributed by atoms with van der Waals surface area (Å²) in [5.74, 6) is 0.129. The maximum atomic E-state index is 12.2. The smallest absolute Gasteiger partial charge is 0.275 e. The van der Waals surface area contributed by atoms with E-state index in [9.17, 15) is 4.79 Å². The molecule has 0 bridgehead atoms. The zero-order chi connectivity index (χ0) is 16.8. The van der Waals surface area contributed by atoms with Gasteiger partial charge >= 0.3 is 0 Å². The Morgan fingerprint density at radius 1 is 1.08 bits per heavy atom. The van der Waals surface area contributed by atoms with Crippen LogP contribution in [0.5, 0.6) is 0 Å². The number of hydrogen-bond donors (Lipinski definition) is 2. The molecule has 1 atom stereocenters. The van der Waals surface area contributed by atoms with Gasteiger partial charge in [-0.15, -0.1) is 0 Å². The van der Waals surface area contributed by atoms with Gasteiger partial charge in [-0.25, -0.2) is 0 Å². The van der Waals surface area contributed by atoms with Crippen LogP contribution in [-0.2, 0) is 11.3 Å². The van der Waals surface area contributed by atoms with Crippen molar-refractivity contribution in [1.29, 1.82) is 0 Å². The maximum absolute atomic E-state index is 12.2. The molecule has 0 aliphatic carbocycles. The molecule has 2 N–H and O–H groups in total. The molecule has 0 saturated carbocycles. The van der Waals surface area contributed by atoms with Crippen molar-refractivity contribution in [1.82, 2.24) is 5.32 Å². The average molecular weight is 321 g/mol. The van der Waals surface area contributed by atoms with Crippen LogP contribution in [0.4, 0.5) is 0 Å². The lowest BCUT2D eigenvalue weighted by Crippen LogP contribution is -3.13. The van der Waals surface area contributed by atoms with Crippen LogP contribution in [0.25, 0.3) is 5.57 Å². The molecule has 0 aromatic heterocycles. The Hall–Kier alpha value is -2.39. The second-order valence-corrected chi connectivity index (χ2v) is 6.43. The first-order chi connectivity index (χ1) is 11.7. The van der Waals surface area contributed by atoms with Gasteiger partial charge in [0, 0.05) is 13.0 Å². The molecule has 3 heteroatoms. The summed E-state index contributed by atoms with van der Waals surface area (Å²) >= 11 is 0. The van der Waals surface area contributed by atoms with Crippen LogP contribution in [0.3, 0.4) is 0 Å². The van der Waals surface area contributed by atoms with Crippen molar-refractivity contribution in [3.05, 3.63) is 77.4 Å². The first-order valence-electron chi connectivity index (χ1n) is 8.61. The fourth-order valence-corrected chi connectivity index (χ4v) is 3.15. The second-order valence-electron chi connectivity index (χ2n) is 6.43. The van der Waals surface area contributed by atoms with Gasteiger partial charge in [0.1, 0.15) is 0 Å². The molecule has 124 valence electrons. The number of benzene rings is 2. The van der Waals surface area contributed by atoms with Gasteiger partial charge in [0.25, 0.3) is 5.91 Å². The summed E-state index contributed by atoms with van der Waals surface area (Å²) in [4.78, 5) is 13.5. The van der Waals surface area contributed by atoms with E-state index in [1.54, 1.807) is 0 Å². The van der Waals surface area contributed by atoms with Crippen LogP contribution in [0.15, 0.2) is 60.7 Å². The van der Waals surface area contributed by atoms with Gasteiger partial charge in [-0.2, -0.15) is 0 Å². The molecule has 1 unspecified atom stereocenters. The Morgan fingerprint density at radius 3 is 2.54 bits per heavy atom. The third-order valence-corrected chi connectivity index (χ3v) is 4.68. The lowest BCUT2D eigenvalue weighted by Gasteiger charge is -2.23. The lowest BCUT2D eigenvalue weighted by atomic mass is 10.00. The molecule has 0 fully saturated rings. The van der Waals surface area contributed by atoms with Crippen LogP contribution >= 0.6 is 0 Å². The molecule has 2 aromatic carbocycles. The Morgan fingerprint density at radius 2 is 1.83 bits per heavy atom. The fraction of sp³-hybridized carbons (Fsp3) is 0.286. The lowest BCUT2D eigenvalue weighted by molar-refractivity contribution is -0.886. The molecule has 1 heterocycles. The minimum Gasteiger partial charge on any atom is -0.347 e. The highest BCUT2D eigenvalue weighted by Gasteiger charge is 2.18. The highest BCUT2D eigenvalue weighted by molar-refractivity contribution is 5.77. The van der Waals surface area contributed by atoms with Crippen LogP contribution < -0.4 is 10.2 Å². The first kappa shape index (κ1) is 16.5. The van der Waals surface area contributed by atoms with Gasteiger partial charge in [0.15, 0.2) is 6.54 Å². The number of nitrogens with one attached hydrogen (secondary N) is 2. The first-order valence-corrected chi connectivity index (χ1v) is 8.61. The molecular weight excluding hydrogens is 296 g/mol. The Bertz CT molecular complexity index is 722. The van der Waals surface area contributed by atoms with Crippen LogP contribution in [-0.4, -0.2) is 25.5 Å². The van der Waals surface area contributed by atoms with E-state index in [2.05, 4.69) is 54.7 Å². The molecule has 0 radical (unpaired) electrons. The SMILES string of the molecule is Cc1ccccc1CNC(=O)C[NH+]1CC=C(c2ccccc2)CC1. The van der Waals surface area contributed by atoms with E-state index < -0.39 is 0 Å². The van der Waals surface area contributed by atoms with E-state index in [1.807, 2.05) is 18.2 Å². The van der Waals surface area contributed by atoms with E-state index >= 15 is 0 Å². The Labute approximate surface area is 144 Å². The second kappa shape index (κ2) is 7.93. The van der Waals surface area contributed by atoms with E-state index in [1.165, 1.54) is 27.2 Å². The zero-order valence-corrected chi connectivity index (χ0v) is 14.2. The molecule has 1 aliphatic rings. The summed E-state index contributed by atoms with van der Waals surface area (Å²) in [6.45, 7) is 5.17. The van der Waals surface area contributed by atoms with Gasteiger partial charge < -0.3 is 10.2 Å². The number of aryl methyl sites for hydroxylation is 1. The van der Waals surface area contributed by atoms with Gasteiger partial charge in [0.2, 0.25) is 0 Å². The van der Waals surface area contributed by atoms with Crippen molar-refractivity contribution in [2.75, 3.05) is 19.6 Å². The fourth-order valence-electron chi connectivity index (χ4n) is 3.15. The maximum Gasteiger partial charge on any atom is 0.275 e. The van der Waals surface area contributed by atoms with Crippen LogP contribution in [0.2, 0.25) is 0 Å². The standard InChI is InChI=1S/C21H24N2O/c1-17-7-5-6-10-20(17)15-22-21(24)16-23-13-11-19(12-14-23)18-8-3-2-4-9-18/h2-11H,12-16H2,1H3,(H,22,24)/p+1. The van der Waals surface area contributed by atoms with Gasteiger partial charge in [0.05, 0.1) is 13.1 Å². The predicted molar refractivity (Wildman–Crippen MR) is 97.6 cm³/mol. The summed E-state index contributed by atoms with van der Waals surface area (Å²) < 4.78 is 0. The average Bonchev–Trinajstić information content (AvgIpc) is 2.62. The van der Waals surface area contributed by atoms with Crippen LogP contribution in [0, 0.1) is 6.92 Å². The topological polar surface area (TPSA) is 33.5 Å². The Balaban J connectivity index is 1.48. The summed E-state index contributed by atoms with van der Waals surface area (Å²) in [5, 5.41) is 3.05. The molecule has 24 heavy (non-hydrogen) atoms. The van der Waals surface area contributed by atoms with Crippen molar-refractivity contribution < 1.29 is 9.69 Å². The van der Waals surface area contributed by atoms with E-state index in [0.29, 0.717) is 13.1 Å². The molecule has 3 nitrogen and oxygen atoms in total. The quantitative estimate of drug-likeness (QED) is 0.867. The molecule has 1 amide bonds. The third-order valence-electron chi connectivity index (χ3n) is 4.68. The molecular formula is C21H25N2O+. The van der Waals surface area contributed by atoms with Crippen molar-refractivity contribution in [3.8, 4) is 0 Å². The minimum atomic E-state index is 0.129. The van der Waals surface area contributed by atoms with E-state index in [-0.39, 0.29) is 5.91 Å². The zero-order valence-electron chi connectivity index (χ0n) is 14.2. The summed E-state index contributed by atoms with van der Waals surface area (Å²) in [5.41, 5.74) is 5.12. The predicted octanol–water partition coefficient (Wildman–Crippen LogP) is 1.98. The monoisotopic (exact) mass is 321 g/mol. The summed E-state index contributed by atoms with van der Waals surface area (Å²) in [6, 6.07) is 18.7. The van der Waals surface area contributed by atoms with Crippen molar-refractivity contribution in [2.24, 2.45) is 0 Å². The molecule has 3 rings (SSSR count). The highest BCUT2D eigenvalue weighted by atomic mass is 16.2. The number of quaternary nitrogens is 1. The molecule has 0 saturated heterocycles.